The molecule has 1 N–H and O–H groups in total. The van der Waals surface area contributed by atoms with E-state index < -0.39 is 0 Å². The Morgan fingerprint density at radius 3 is 2.85 bits per heavy atom. The number of methoxy groups -OCH3 is 1. The normalized spacial score (nSPS) is 21.5. The van der Waals surface area contributed by atoms with Gasteiger partial charge in [0, 0.05) is 43.8 Å². The van der Waals surface area contributed by atoms with Crippen molar-refractivity contribution in [3.8, 4) is 5.75 Å². The number of carbonyl (C=O) groups excluding carboxylic acids is 1. The summed E-state index contributed by atoms with van der Waals surface area (Å²) in [5.41, 5.74) is 1.87. The van der Waals surface area contributed by atoms with Crippen LogP contribution in [0, 0.1) is 5.92 Å². The summed E-state index contributed by atoms with van der Waals surface area (Å²) >= 11 is 0. The Morgan fingerprint density at radius 1 is 1.31 bits per heavy atom. The number of aromatic nitrogens is 1. The molecule has 1 amide bonds. The third-order valence-electron chi connectivity index (χ3n) is 5.90. The molecule has 5 nitrogen and oxygen atoms in total. The number of para-hydroxylation sites is 1. The van der Waals surface area contributed by atoms with E-state index in [1.165, 1.54) is 25.7 Å². The average Bonchev–Trinajstić information content (AvgIpc) is 3.29. The van der Waals surface area contributed by atoms with E-state index in [-0.39, 0.29) is 5.91 Å². The van der Waals surface area contributed by atoms with Crippen molar-refractivity contribution in [1.29, 1.82) is 0 Å². The molecule has 1 aliphatic heterocycles. The molecular weight excluding hydrogens is 326 g/mol. The van der Waals surface area contributed by atoms with E-state index in [1.54, 1.807) is 7.11 Å². The van der Waals surface area contributed by atoms with Gasteiger partial charge in [-0.3, -0.25) is 4.79 Å². The van der Waals surface area contributed by atoms with Crippen LogP contribution in [0.2, 0.25) is 0 Å². The maximum absolute atomic E-state index is 13.3. The maximum atomic E-state index is 13.3. The topological polar surface area (TPSA) is 46.5 Å². The molecule has 2 aromatic rings. The van der Waals surface area contributed by atoms with Gasteiger partial charge in [0.25, 0.3) is 5.91 Å². The largest absolute Gasteiger partial charge is 0.495 e. The fourth-order valence-electron chi connectivity index (χ4n) is 4.56. The first kappa shape index (κ1) is 17.4. The molecule has 1 aromatic carbocycles. The quantitative estimate of drug-likeness (QED) is 0.916. The van der Waals surface area contributed by atoms with Crippen LogP contribution in [-0.4, -0.2) is 48.2 Å². The third-order valence-corrected chi connectivity index (χ3v) is 5.90. The number of benzene rings is 1. The summed E-state index contributed by atoms with van der Waals surface area (Å²) in [6.45, 7) is 5.49. The van der Waals surface area contributed by atoms with Crippen molar-refractivity contribution in [2.45, 2.75) is 45.2 Å². The van der Waals surface area contributed by atoms with Crippen LogP contribution in [-0.2, 0) is 6.54 Å². The van der Waals surface area contributed by atoms with E-state index in [9.17, 15) is 4.79 Å². The SMILES string of the molecule is COc1cccc2c(C(=O)N3CCNC(C)C3)cn(CC3CCCC3)c12. The highest BCUT2D eigenvalue weighted by atomic mass is 16.5. The number of carbonyl (C=O) groups is 1. The summed E-state index contributed by atoms with van der Waals surface area (Å²) in [6.07, 6.45) is 7.29. The van der Waals surface area contributed by atoms with Crippen LogP contribution >= 0.6 is 0 Å². The fraction of sp³-hybridized carbons (Fsp3) is 0.571. The molecular formula is C21H29N3O2. The third kappa shape index (κ3) is 3.20. The van der Waals surface area contributed by atoms with E-state index in [0.29, 0.717) is 12.0 Å². The van der Waals surface area contributed by atoms with Crippen LogP contribution in [0.15, 0.2) is 24.4 Å². The van der Waals surface area contributed by atoms with Crippen LogP contribution < -0.4 is 10.1 Å². The first-order chi connectivity index (χ1) is 12.7. The van der Waals surface area contributed by atoms with Gasteiger partial charge >= 0.3 is 0 Å². The zero-order valence-electron chi connectivity index (χ0n) is 15.8. The van der Waals surface area contributed by atoms with Crippen molar-refractivity contribution < 1.29 is 9.53 Å². The summed E-state index contributed by atoms with van der Waals surface area (Å²) in [7, 11) is 1.71. The summed E-state index contributed by atoms with van der Waals surface area (Å²) in [4.78, 5) is 15.2. The zero-order valence-corrected chi connectivity index (χ0v) is 15.8. The second-order valence-corrected chi connectivity index (χ2v) is 7.81. The summed E-state index contributed by atoms with van der Waals surface area (Å²) in [5, 5.41) is 4.42. The second kappa shape index (κ2) is 7.31. The number of rotatable bonds is 4. The Labute approximate surface area is 155 Å². The van der Waals surface area contributed by atoms with E-state index in [0.717, 1.165) is 48.4 Å². The average molecular weight is 355 g/mol. The van der Waals surface area contributed by atoms with Gasteiger partial charge in [-0.15, -0.1) is 0 Å². The monoisotopic (exact) mass is 355 g/mol. The van der Waals surface area contributed by atoms with E-state index in [1.807, 2.05) is 17.0 Å². The minimum Gasteiger partial charge on any atom is -0.495 e. The molecule has 26 heavy (non-hydrogen) atoms. The number of nitrogens with zero attached hydrogens (tertiary/aromatic N) is 2. The summed E-state index contributed by atoms with van der Waals surface area (Å²) < 4.78 is 7.90. The lowest BCUT2D eigenvalue weighted by atomic mass is 10.1. The van der Waals surface area contributed by atoms with Crippen molar-refractivity contribution >= 4 is 16.8 Å². The first-order valence-electron chi connectivity index (χ1n) is 9.86. The molecule has 0 bridgehead atoms. The molecule has 1 saturated heterocycles. The summed E-state index contributed by atoms with van der Waals surface area (Å²) in [6, 6.07) is 6.38. The van der Waals surface area contributed by atoms with Crippen LogP contribution in [0.4, 0.5) is 0 Å². The molecule has 1 atom stereocenters. The number of nitrogens with one attached hydrogen (secondary N) is 1. The standard InChI is InChI=1S/C21H29N3O2/c1-15-12-23(11-10-22-15)21(25)18-14-24(13-16-6-3-4-7-16)20-17(18)8-5-9-19(20)26-2/h5,8-9,14-16,22H,3-4,6-7,10-13H2,1-2H3. The van der Waals surface area contributed by atoms with Crippen molar-refractivity contribution in [1.82, 2.24) is 14.8 Å². The highest BCUT2D eigenvalue weighted by Crippen LogP contribution is 2.34. The molecule has 5 heteroatoms. The molecule has 2 fully saturated rings. The lowest BCUT2D eigenvalue weighted by Crippen LogP contribution is -2.51. The van der Waals surface area contributed by atoms with Gasteiger partial charge in [0.15, 0.2) is 0 Å². The van der Waals surface area contributed by atoms with Gasteiger partial charge in [0.2, 0.25) is 0 Å². The Hall–Kier alpha value is -2.01. The first-order valence-corrected chi connectivity index (χ1v) is 9.86. The predicted octanol–water partition coefficient (Wildman–Crippen LogP) is 3.27. The Bertz CT molecular complexity index is 792. The van der Waals surface area contributed by atoms with E-state index >= 15 is 0 Å². The van der Waals surface area contributed by atoms with Gasteiger partial charge in [0.05, 0.1) is 18.2 Å². The maximum Gasteiger partial charge on any atom is 0.256 e. The van der Waals surface area contributed by atoms with Crippen LogP contribution in [0.25, 0.3) is 10.9 Å². The molecule has 0 spiro atoms. The highest BCUT2D eigenvalue weighted by molar-refractivity contribution is 6.08. The lowest BCUT2D eigenvalue weighted by Gasteiger charge is -2.31. The van der Waals surface area contributed by atoms with Gasteiger partial charge in [-0.25, -0.2) is 0 Å². The molecule has 1 saturated carbocycles. The Balaban J connectivity index is 1.73. The number of piperazine rings is 1. The second-order valence-electron chi connectivity index (χ2n) is 7.81. The minimum absolute atomic E-state index is 0.141. The lowest BCUT2D eigenvalue weighted by molar-refractivity contribution is 0.0711. The molecule has 4 rings (SSSR count). The van der Waals surface area contributed by atoms with Gasteiger partial charge in [-0.05, 0) is 31.7 Å². The molecule has 1 unspecified atom stereocenters. The Morgan fingerprint density at radius 2 is 2.12 bits per heavy atom. The van der Waals surface area contributed by atoms with Crippen LogP contribution in [0.5, 0.6) is 5.75 Å². The van der Waals surface area contributed by atoms with Crippen LogP contribution in [0.3, 0.4) is 0 Å². The van der Waals surface area contributed by atoms with Gasteiger partial charge in [0.1, 0.15) is 5.75 Å². The fourth-order valence-corrected chi connectivity index (χ4v) is 4.56. The van der Waals surface area contributed by atoms with Gasteiger partial charge < -0.3 is 19.5 Å². The van der Waals surface area contributed by atoms with Crippen molar-refractivity contribution in [2.24, 2.45) is 5.92 Å². The number of hydrogen-bond acceptors (Lipinski definition) is 3. The smallest absolute Gasteiger partial charge is 0.256 e. The number of hydrogen-bond donors (Lipinski definition) is 1. The van der Waals surface area contributed by atoms with Crippen molar-refractivity contribution in [3.63, 3.8) is 0 Å². The van der Waals surface area contributed by atoms with E-state index in [2.05, 4.69) is 29.1 Å². The molecule has 2 aliphatic rings. The van der Waals surface area contributed by atoms with Crippen molar-refractivity contribution in [2.75, 3.05) is 26.7 Å². The molecule has 1 aliphatic carbocycles. The Kier molecular flexibility index (Phi) is 4.90. The molecule has 1 aromatic heterocycles. The van der Waals surface area contributed by atoms with E-state index in [4.69, 9.17) is 4.74 Å². The van der Waals surface area contributed by atoms with Gasteiger partial charge in [-0.2, -0.15) is 0 Å². The molecule has 2 heterocycles. The highest BCUT2D eigenvalue weighted by Gasteiger charge is 2.26. The number of ether oxygens (including phenoxy) is 1. The molecule has 140 valence electrons. The van der Waals surface area contributed by atoms with Crippen LogP contribution in [0.1, 0.15) is 43.0 Å². The predicted molar refractivity (Wildman–Crippen MR) is 104 cm³/mol. The number of fused-ring (bicyclic) bond motifs is 1. The zero-order chi connectivity index (χ0) is 18.1. The minimum atomic E-state index is 0.141. The van der Waals surface area contributed by atoms with Gasteiger partial charge in [-0.1, -0.05) is 25.0 Å². The number of amides is 1. The van der Waals surface area contributed by atoms with Crippen molar-refractivity contribution in [3.05, 3.63) is 30.0 Å². The summed E-state index contributed by atoms with van der Waals surface area (Å²) in [5.74, 6) is 1.70. The molecule has 0 radical (unpaired) electrons.